The topological polar surface area (TPSA) is 63.5 Å². The van der Waals surface area contributed by atoms with Gasteiger partial charge in [0.05, 0.1) is 5.69 Å². The molecular weight excluding hydrogens is 298 g/mol. The van der Waals surface area contributed by atoms with Gasteiger partial charge in [0.2, 0.25) is 0 Å². The Morgan fingerprint density at radius 1 is 1.18 bits per heavy atom. The Kier molecular flexibility index (Phi) is 3.54. The summed E-state index contributed by atoms with van der Waals surface area (Å²) in [6.45, 7) is 5.59. The van der Waals surface area contributed by atoms with Gasteiger partial charge in [-0.15, -0.1) is 11.3 Å². The second-order valence-electron chi connectivity index (χ2n) is 5.26. The Balaban J connectivity index is 2.02. The maximum Gasteiger partial charge on any atom is 0.282 e. The van der Waals surface area contributed by atoms with Crippen LogP contribution in [-0.2, 0) is 0 Å². The highest BCUT2D eigenvalue weighted by Gasteiger charge is 2.15. The number of nitrogens with one attached hydrogen (secondary N) is 1. The molecule has 2 aromatic heterocycles. The second-order valence-corrected chi connectivity index (χ2v) is 6.14. The van der Waals surface area contributed by atoms with Gasteiger partial charge in [0.1, 0.15) is 5.69 Å². The van der Waals surface area contributed by atoms with Gasteiger partial charge >= 0.3 is 0 Å². The Hall–Kier alpha value is -2.47. The lowest BCUT2D eigenvalue weighted by molar-refractivity contribution is 0.102. The lowest BCUT2D eigenvalue weighted by Gasteiger charge is -2.09. The molecule has 1 aromatic carbocycles. The molecule has 0 saturated carbocycles. The number of fused-ring (bicyclic) bond motifs is 1. The van der Waals surface area contributed by atoms with Gasteiger partial charge in [0, 0.05) is 17.1 Å². The molecule has 0 aliphatic heterocycles. The second kappa shape index (κ2) is 5.38. The first-order valence-corrected chi connectivity index (χ1v) is 7.70. The molecule has 6 heteroatoms. The van der Waals surface area contributed by atoms with Gasteiger partial charge in [-0.05, 0) is 32.9 Å². The molecule has 0 unspecified atom stereocenters. The summed E-state index contributed by atoms with van der Waals surface area (Å²) < 4.78 is 1.44. The van der Waals surface area contributed by atoms with Gasteiger partial charge in [0.15, 0.2) is 4.96 Å². The largest absolute Gasteiger partial charge is 0.316 e. The van der Waals surface area contributed by atoms with Crippen LogP contribution in [0, 0.1) is 20.8 Å². The van der Waals surface area contributed by atoms with Crippen molar-refractivity contribution in [3.8, 4) is 0 Å². The number of aromatic nitrogens is 2. The minimum atomic E-state index is -0.302. The molecule has 3 aromatic rings. The maximum atomic E-state index is 12.4. The van der Waals surface area contributed by atoms with Crippen LogP contribution in [0.1, 0.15) is 27.2 Å². The monoisotopic (exact) mass is 313 g/mol. The van der Waals surface area contributed by atoms with Gasteiger partial charge in [-0.3, -0.25) is 14.0 Å². The highest BCUT2D eigenvalue weighted by atomic mass is 32.1. The molecule has 0 fully saturated rings. The van der Waals surface area contributed by atoms with Gasteiger partial charge in [-0.25, -0.2) is 4.98 Å². The summed E-state index contributed by atoms with van der Waals surface area (Å²) in [5.41, 5.74) is 3.02. The third-order valence-corrected chi connectivity index (χ3v) is 4.13. The van der Waals surface area contributed by atoms with Crippen LogP contribution in [0.25, 0.3) is 4.96 Å². The zero-order valence-electron chi connectivity index (χ0n) is 12.5. The molecule has 1 amide bonds. The molecule has 1 N–H and O–H groups in total. The van der Waals surface area contributed by atoms with Crippen LogP contribution in [0.4, 0.5) is 5.69 Å². The van der Waals surface area contributed by atoms with Crippen molar-refractivity contribution in [1.82, 2.24) is 9.38 Å². The lowest BCUT2D eigenvalue weighted by Crippen LogP contribution is -2.24. The van der Waals surface area contributed by atoms with Crippen molar-refractivity contribution in [3.05, 3.63) is 62.5 Å². The number of rotatable bonds is 2. The molecule has 0 spiro atoms. The average molecular weight is 313 g/mol. The number of anilines is 1. The summed E-state index contributed by atoms with van der Waals surface area (Å²) >= 11 is 1.38. The fourth-order valence-corrected chi connectivity index (χ4v) is 3.17. The predicted molar refractivity (Wildman–Crippen MR) is 87.9 cm³/mol. The van der Waals surface area contributed by atoms with E-state index in [1.807, 2.05) is 19.9 Å². The van der Waals surface area contributed by atoms with Crippen LogP contribution < -0.4 is 10.9 Å². The quantitative estimate of drug-likeness (QED) is 0.791. The lowest BCUT2D eigenvalue weighted by atomic mass is 10.1. The highest BCUT2D eigenvalue weighted by Crippen LogP contribution is 2.15. The number of thiazole rings is 1. The van der Waals surface area contributed by atoms with Crippen molar-refractivity contribution < 1.29 is 4.79 Å². The van der Waals surface area contributed by atoms with Crippen molar-refractivity contribution in [2.45, 2.75) is 20.8 Å². The summed E-state index contributed by atoms with van der Waals surface area (Å²) in [6, 6.07) is 5.59. The van der Waals surface area contributed by atoms with E-state index >= 15 is 0 Å². The van der Waals surface area contributed by atoms with Crippen LogP contribution in [0.2, 0.25) is 0 Å². The van der Waals surface area contributed by atoms with Crippen LogP contribution in [0.15, 0.2) is 34.6 Å². The fourth-order valence-electron chi connectivity index (χ4n) is 2.42. The number of hydrogen-bond acceptors (Lipinski definition) is 4. The number of amides is 1. The summed E-state index contributed by atoms with van der Waals surface area (Å²) in [4.78, 5) is 29.8. The maximum absolute atomic E-state index is 12.4. The third-order valence-electron chi connectivity index (χ3n) is 3.37. The van der Waals surface area contributed by atoms with Crippen LogP contribution in [0.3, 0.4) is 0 Å². The van der Waals surface area contributed by atoms with Crippen LogP contribution >= 0.6 is 11.3 Å². The Labute approximate surface area is 131 Å². The molecule has 2 heterocycles. The molecule has 22 heavy (non-hydrogen) atoms. The third kappa shape index (κ3) is 2.53. The number of hydrogen-bond donors (Lipinski definition) is 1. The number of benzene rings is 1. The van der Waals surface area contributed by atoms with Crippen molar-refractivity contribution in [3.63, 3.8) is 0 Å². The highest BCUT2D eigenvalue weighted by molar-refractivity contribution is 7.15. The van der Waals surface area contributed by atoms with E-state index in [0.717, 1.165) is 11.1 Å². The van der Waals surface area contributed by atoms with Gasteiger partial charge in [0.25, 0.3) is 11.5 Å². The SMILES string of the molecule is Cc1cc(C)cc(C(=O)Nc2c(C)nc3sccn3c2=O)c1. The number of carbonyl (C=O) groups is 1. The molecule has 3 rings (SSSR count). The standard InChI is InChI=1S/C16H15N3O2S/c1-9-6-10(2)8-12(7-9)14(20)18-13-11(3)17-16-19(15(13)21)4-5-22-16/h4-8H,1-3H3,(H,18,20). The summed E-state index contributed by atoms with van der Waals surface area (Å²) in [7, 11) is 0. The molecule has 0 saturated heterocycles. The molecule has 0 atom stereocenters. The van der Waals surface area contributed by atoms with E-state index in [0.29, 0.717) is 16.2 Å². The fraction of sp³-hybridized carbons (Fsp3) is 0.188. The molecule has 0 radical (unpaired) electrons. The van der Waals surface area contributed by atoms with Gasteiger partial charge in [-0.1, -0.05) is 17.2 Å². The van der Waals surface area contributed by atoms with Gasteiger partial charge < -0.3 is 5.32 Å². The molecule has 0 bridgehead atoms. The van der Waals surface area contributed by atoms with E-state index < -0.39 is 0 Å². The number of nitrogens with zero attached hydrogens (tertiary/aromatic N) is 2. The number of carbonyl (C=O) groups excluding carboxylic acids is 1. The van der Waals surface area contributed by atoms with E-state index in [2.05, 4.69) is 10.3 Å². The molecular formula is C16H15N3O2S. The smallest absolute Gasteiger partial charge is 0.282 e. The first-order chi connectivity index (χ1) is 10.5. The summed E-state index contributed by atoms with van der Waals surface area (Å²) in [5.74, 6) is -0.302. The minimum Gasteiger partial charge on any atom is -0.316 e. The summed E-state index contributed by atoms with van der Waals surface area (Å²) in [6.07, 6.45) is 1.65. The Bertz CT molecular complexity index is 920. The van der Waals surface area contributed by atoms with Gasteiger partial charge in [-0.2, -0.15) is 0 Å². The Morgan fingerprint density at radius 3 is 2.55 bits per heavy atom. The predicted octanol–water partition coefficient (Wildman–Crippen LogP) is 2.93. The molecule has 112 valence electrons. The van der Waals surface area contributed by atoms with Crippen molar-refractivity contribution in [1.29, 1.82) is 0 Å². The molecule has 0 aliphatic carbocycles. The summed E-state index contributed by atoms with van der Waals surface area (Å²) in [5, 5.41) is 4.49. The van der Waals surface area contributed by atoms with E-state index in [-0.39, 0.29) is 17.2 Å². The average Bonchev–Trinajstić information content (AvgIpc) is 2.90. The van der Waals surface area contributed by atoms with E-state index in [1.165, 1.54) is 15.7 Å². The van der Waals surface area contributed by atoms with E-state index in [9.17, 15) is 9.59 Å². The first kappa shape index (κ1) is 14.5. The van der Waals surface area contributed by atoms with E-state index in [1.54, 1.807) is 30.6 Å². The van der Waals surface area contributed by atoms with Crippen molar-refractivity contribution in [2.75, 3.05) is 5.32 Å². The first-order valence-electron chi connectivity index (χ1n) is 6.82. The van der Waals surface area contributed by atoms with Crippen LogP contribution in [0.5, 0.6) is 0 Å². The van der Waals surface area contributed by atoms with Crippen molar-refractivity contribution >= 4 is 27.9 Å². The molecule has 5 nitrogen and oxygen atoms in total. The normalized spacial score (nSPS) is 10.9. The Morgan fingerprint density at radius 2 is 1.86 bits per heavy atom. The minimum absolute atomic E-state index is 0.222. The molecule has 0 aliphatic rings. The zero-order valence-corrected chi connectivity index (χ0v) is 13.3. The van der Waals surface area contributed by atoms with Crippen LogP contribution in [-0.4, -0.2) is 15.3 Å². The van der Waals surface area contributed by atoms with E-state index in [4.69, 9.17) is 0 Å². The zero-order chi connectivity index (χ0) is 15.9. The number of aryl methyl sites for hydroxylation is 3. The van der Waals surface area contributed by atoms with Crippen molar-refractivity contribution in [2.24, 2.45) is 0 Å².